The summed E-state index contributed by atoms with van der Waals surface area (Å²) >= 11 is 0. The average molecular weight is 309 g/mol. The molecule has 2 aliphatic rings. The first-order valence-corrected chi connectivity index (χ1v) is 8.27. The van der Waals surface area contributed by atoms with Crippen LogP contribution >= 0.6 is 0 Å². The van der Waals surface area contributed by atoms with Crippen molar-refractivity contribution in [3.05, 3.63) is 35.9 Å². The average Bonchev–Trinajstić information content (AvgIpc) is 3.01. The van der Waals surface area contributed by atoms with Gasteiger partial charge in [0.05, 0.1) is 6.04 Å². The van der Waals surface area contributed by atoms with Crippen molar-refractivity contribution in [3.63, 3.8) is 0 Å². The fraction of sp³-hybridized carbons (Fsp3) is 0.438. The van der Waals surface area contributed by atoms with E-state index in [-0.39, 0.29) is 6.04 Å². The number of fused-ring (bicyclic) bond motifs is 1. The molecule has 1 atom stereocenters. The highest BCUT2D eigenvalue weighted by Gasteiger charge is 2.26. The number of aromatic amines is 1. The van der Waals surface area contributed by atoms with Gasteiger partial charge >= 0.3 is 0 Å². The Morgan fingerprint density at radius 1 is 1.22 bits per heavy atom. The van der Waals surface area contributed by atoms with Gasteiger partial charge in [-0.05, 0) is 44.4 Å². The Bertz CT molecular complexity index is 839. The quantitative estimate of drug-likeness (QED) is 0.690. The monoisotopic (exact) mass is 309 g/mol. The maximum atomic E-state index is 4.74. The molecule has 4 heterocycles. The van der Waals surface area contributed by atoms with Crippen molar-refractivity contribution in [3.8, 4) is 0 Å². The molecule has 7 nitrogen and oxygen atoms in total. The van der Waals surface area contributed by atoms with Crippen molar-refractivity contribution in [2.45, 2.75) is 37.6 Å². The van der Waals surface area contributed by atoms with Crippen molar-refractivity contribution in [1.29, 1.82) is 0 Å². The molecule has 118 valence electrons. The van der Waals surface area contributed by atoms with E-state index in [0.717, 1.165) is 36.2 Å². The zero-order valence-electron chi connectivity index (χ0n) is 12.8. The summed E-state index contributed by atoms with van der Waals surface area (Å²) in [4.78, 5) is 9.43. The summed E-state index contributed by atoms with van der Waals surface area (Å²) < 4.78 is 1.96. The normalized spacial score (nSPS) is 21.1. The number of rotatable bonds is 4. The van der Waals surface area contributed by atoms with Crippen molar-refractivity contribution < 1.29 is 0 Å². The first-order chi connectivity index (χ1) is 11.4. The zero-order valence-corrected chi connectivity index (χ0v) is 12.8. The van der Waals surface area contributed by atoms with Crippen LogP contribution in [0.3, 0.4) is 0 Å². The summed E-state index contributed by atoms with van der Waals surface area (Å²) in [5.41, 5.74) is 2.12. The third-order valence-electron chi connectivity index (χ3n) is 4.63. The highest BCUT2D eigenvalue weighted by Crippen LogP contribution is 2.39. The van der Waals surface area contributed by atoms with E-state index in [2.05, 4.69) is 31.9 Å². The van der Waals surface area contributed by atoms with Crippen LogP contribution in [-0.4, -0.2) is 31.1 Å². The Labute approximate surface area is 133 Å². The molecule has 0 aromatic carbocycles. The van der Waals surface area contributed by atoms with Gasteiger partial charge in [0, 0.05) is 23.9 Å². The molecule has 23 heavy (non-hydrogen) atoms. The molecule has 5 rings (SSSR count). The van der Waals surface area contributed by atoms with Crippen LogP contribution in [-0.2, 0) is 0 Å². The standard InChI is InChI=1S/C16H19N7/c1-3-11(17-7-1)15-19-14-4-2-8-23(14)16(20-15)18-13-9-12(21-22-13)10-5-6-10/h2,4,8-11,17H,1,3,5-7H2,(H2,18,19,20,21,22). The molecule has 3 aromatic rings. The summed E-state index contributed by atoms with van der Waals surface area (Å²) in [7, 11) is 0. The number of nitrogens with one attached hydrogen (secondary N) is 3. The molecule has 0 amide bonds. The van der Waals surface area contributed by atoms with Crippen molar-refractivity contribution >= 4 is 17.4 Å². The minimum atomic E-state index is 0.247. The molecule has 2 fully saturated rings. The number of anilines is 2. The van der Waals surface area contributed by atoms with Gasteiger partial charge < -0.3 is 10.6 Å². The molecular formula is C16H19N7. The zero-order chi connectivity index (χ0) is 15.2. The van der Waals surface area contributed by atoms with Gasteiger partial charge in [0.15, 0.2) is 11.6 Å². The lowest BCUT2D eigenvalue weighted by Crippen LogP contribution is -2.17. The lowest BCUT2D eigenvalue weighted by Gasteiger charge is -2.12. The smallest absolute Gasteiger partial charge is 0.216 e. The largest absolute Gasteiger partial charge is 0.308 e. The lowest BCUT2D eigenvalue weighted by atomic mass is 10.2. The van der Waals surface area contributed by atoms with Gasteiger partial charge in [-0.1, -0.05) is 0 Å². The van der Waals surface area contributed by atoms with Crippen LogP contribution in [0.2, 0.25) is 0 Å². The van der Waals surface area contributed by atoms with Crippen LogP contribution in [0.1, 0.15) is 49.2 Å². The molecule has 1 saturated heterocycles. The van der Waals surface area contributed by atoms with E-state index in [1.54, 1.807) is 0 Å². The van der Waals surface area contributed by atoms with E-state index in [1.807, 2.05) is 22.7 Å². The Morgan fingerprint density at radius 2 is 2.17 bits per heavy atom. The van der Waals surface area contributed by atoms with Gasteiger partial charge in [-0.25, -0.2) is 4.98 Å². The molecular weight excluding hydrogens is 290 g/mol. The van der Waals surface area contributed by atoms with Gasteiger partial charge in [-0.3, -0.25) is 9.50 Å². The van der Waals surface area contributed by atoms with Gasteiger partial charge in [0.2, 0.25) is 5.95 Å². The maximum Gasteiger partial charge on any atom is 0.216 e. The fourth-order valence-corrected chi connectivity index (χ4v) is 3.21. The van der Waals surface area contributed by atoms with Gasteiger partial charge in [0.25, 0.3) is 0 Å². The molecule has 0 radical (unpaired) electrons. The van der Waals surface area contributed by atoms with E-state index in [0.29, 0.717) is 5.92 Å². The minimum absolute atomic E-state index is 0.247. The second-order valence-corrected chi connectivity index (χ2v) is 6.40. The predicted octanol–water partition coefficient (Wildman–Crippen LogP) is 2.50. The van der Waals surface area contributed by atoms with Crippen LogP contribution in [0.4, 0.5) is 11.8 Å². The number of hydrogen-bond acceptors (Lipinski definition) is 5. The molecule has 7 heteroatoms. The van der Waals surface area contributed by atoms with Crippen LogP contribution in [0.15, 0.2) is 24.4 Å². The minimum Gasteiger partial charge on any atom is -0.308 e. The van der Waals surface area contributed by atoms with Crippen LogP contribution in [0.25, 0.3) is 5.65 Å². The third-order valence-corrected chi connectivity index (χ3v) is 4.63. The molecule has 3 aromatic heterocycles. The molecule has 1 saturated carbocycles. The molecule has 3 N–H and O–H groups in total. The van der Waals surface area contributed by atoms with Gasteiger partial charge in [-0.2, -0.15) is 10.1 Å². The van der Waals surface area contributed by atoms with Crippen molar-refractivity contribution in [2.75, 3.05) is 11.9 Å². The number of H-pyrrole nitrogens is 1. The molecule has 0 spiro atoms. The van der Waals surface area contributed by atoms with Gasteiger partial charge in [0.1, 0.15) is 5.65 Å². The Balaban J connectivity index is 1.51. The summed E-state index contributed by atoms with van der Waals surface area (Å²) in [6, 6.07) is 6.33. The summed E-state index contributed by atoms with van der Waals surface area (Å²) in [6.07, 6.45) is 6.75. The number of aromatic nitrogens is 5. The Hall–Kier alpha value is -2.41. The number of nitrogens with zero attached hydrogens (tertiary/aromatic N) is 4. The summed E-state index contributed by atoms with van der Waals surface area (Å²) in [5, 5.41) is 14.3. The topological polar surface area (TPSA) is 82.9 Å². The van der Waals surface area contributed by atoms with E-state index in [9.17, 15) is 0 Å². The number of hydrogen-bond donors (Lipinski definition) is 3. The van der Waals surface area contributed by atoms with E-state index in [4.69, 9.17) is 4.98 Å². The fourth-order valence-electron chi connectivity index (χ4n) is 3.21. The third kappa shape index (κ3) is 2.37. The van der Waals surface area contributed by atoms with E-state index >= 15 is 0 Å². The van der Waals surface area contributed by atoms with Crippen LogP contribution < -0.4 is 10.6 Å². The molecule has 1 aliphatic carbocycles. The Kier molecular flexibility index (Phi) is 2.87. The molecule has 1 unspecified atom stereocenters. The second-order valence-electron chi connectivity index (χ2n) is 6.40. The first kappa shape index (κ1) is 13.1. The second kappa shape index (κ2) is 5.06. The van der Waals surface area contributed by atoms with Crippen molar-refractivity contribution in [1.82, 2.24) is 29.9 Å². The van der Waals surface area contributed by atoms with E-state index in [1.165, 1.54) is 25.0 Å². The maximum absolute atomic E-state index is 4.74. The lowest BCUT2D eigenvalue weighted by molar-refractivity contribution is 0.604. The van der Waals surface area contributed by atoms with Gasteiger partial charge in [-0.15, -0.1) is 0 Å². The van der Waals surface area contributed by atoms with E-state index < -0.39 is 0 Å². The summed E-state index contributed by atoms with van der Waals surface area (Å²) in [6.45, 7) is 1.03. The predicted molar refractivity (Wildman–Crippen MR) is 86.8 cm³/mol. The van der Waals surface area contributed by atoms with Crippen LogP contribution in [0, 0.1) is 0 Å². The Morgan fingerprint density at radius 3 is 3.00 bits per heavy atom. The first-order valence-electron chi connectivity index (χ1n) is 8.27. The van der Waals surface area contributed by atoms with Crippen LogP contribution in [0.5, 0.6) is 0 Å². The summed E-state index contributed by atoms with van der Waals surface area (Å²) in [5.74, 6) is 3.09. The molecule has 0 bridgehead atoms. The SMILES string of the molecule is c1cc2nc(C3CCCN3)nc(Nc3cc(C4CC4)[nH]n3)n2c1. The highest BCUT2D eigenvalue weighted by atomic mass is 15.3. The highest BCUT2D eigenvalue weighted by molar-refractivity contribution is 5.54. The molecule has 1 aliphatic heterocycles. The van der Waals surface area contributed by atoms with Crippen molar-refractivity contribution in [2.24, 2.45) is 0 Å².